The van der Waals surface area contributed by atoms with Gasteiger partial charge in [0.05, 0.1) is 12.7 Å². The summed E-state index contributed by atoms with van der Waals surface area (Å²) in [7, 11) is 1.42. The largest absolute Gasteiger partial charge is 0.465 e. The highest BCUT2D eigenvalue weighted by Crippen LogP contribution is 2.60. The molecule has 4 rings (SSSR count). The Hall–Kier alpha value is -2.35. The Bertz CT molecular complexity index is 848. The van der Waals surface area contributed by atoms with E-state index in [0.717, 1.165) is 0 Å². The lowest BCUT2D eigenvalue weighted by molar-refractivity contribution is 0.0600. The molecule has 2 aliphatic rings. The predicted octanol–water partition coefficient (Wildman–Crippen LogP) is 5.63. The first-order valence-electron chi connectivity index (χ1n) is 9.53. The SMILES string of the molecule is COC(=O)c1ccc(C2=C(C)[C@@](C)(c3ccccc3)[C@H]3CCC[C@@H]23)cc1. The molecule has 26 heavy (non-hydrogen) atoms. The molecular formula is C24H26O2. The molecule has 0 amide bonds. The number of allylic oxidation sites excluding steroid dienone is 2. The van der Waals surface area contributed by atoms with E-state index in [1.165, 1.54) is 48.6 Å². The van der Waals surface area contributed by atoms with Crippen molar-refractivity contribution in [2.24, 2.45) is 11.8 Å². The van der Waals surface area contributed by atoms with E-state index in [2.05, 4.69) is 56.3 Å². The second-order valence-corrected chi connectivity index (χ2v) is 7.82. The van der Waals surface area contributed by atoms with Crippen molar-refractivity contribution >= 4 is 11.5 Å². The van der Waals surface area contributed by atoms with E-state index in [4.69, 9.17) is 4.74 Å². The topological polar surface area (TPSA) is 26.3 Å². The summed E-state index contributed by atoms with van der Waals surface area (Å²) in [5.74, 6) is 1.01. The monoisotopic (exact) mass is 346 g/mol. The lowest BCUT2D eigenvalue weighted by Gasteiger charge is -2.34. The second kappa shape index (κ2) is 6.42. The van der Waals surface area contributed by atoms with Gasteiger partial charge in [-0.2, -0.15) is 0 Å². The third-order valence-electron chi connectivity index (χ3n) is 6.80. The molecule has 2 heteroatoms. The predicted molar refractivity (Wildman–Crippen MR) is 105 cm³/mol. The summed E-state index contributed by atoms with van der Waals surface area (Å²) < 4.78 is 4.83. The highest BCUT2D eigenvalue weighted by molar-refractivity contribution is 5.90. The van der Waals surface area contributed by atoms with Gasteiger partial charge in [0.25, 0.3) is 0 Å². The van der Waals surface area contributed by atoms with Crippen LogP contribution in [0.1, 0.15) is 54.6 Å². The van der Waals surface area contributed by atoms with E-state index in [1.54, 1.807) is 0 Å². The van der Waals surface area contributed by atoms with Gasteiger partial charge < -0.3 is 4.74 Å². The minimum absolute atomic E-state index is 0.0960. The zero-order chi connectivity index (χ0) is 18.3. The van der Waals surface area contributed by atoms with Crippen molar-refractivity contribution in [2.75, 3.05) is 7.11 Å². The summed E-state index contributed by atoms with van der Waals surface area (Å²) in [5, 5.41) is 0. The van der Waals surface area contributed by atoms with Gasteiger partial charge in [0.2, 0.25) is 0 Å². The van der Waals surface area contributed by atoms with E-state index in [9.17, 15) is 4.79 Å². The number of hydrogen-bond donors (Lipinski definition) is 0. The Morgan fingerprint density at radius 2 is 1.73 bits per heavy atom. The minimum Gasteiger partial charge on any atom is -0.465 e. The van der Waals surface area contributed by atoms with Crippen molar-refractivity contribution in [2.45, 2.75) is 38.5 Å². The van der Waals surface area contributed by atoms with Gasteiger partial charge in [0, 0.05) is 5.41 Å². The molecule has 0 bridgehead atoms. The molecule has 1 saturated carbocycles. The molecule has 0 aromatic heterocycles. The molecule has 1 fully saturated rings. The number of esters is 1. The standard InChI is InChI=1S/C24H26O2/c1-16-22(17-12-14-18(15-13-17)23(25)26-3)20-10-7-11-21(20)24(16,2)19-8-5-4-6-9-19/h4-6,8-9,12-15,20-21H,7,10-11H2,1-3H3/t20-,21+,24+/m1/s1. The van der Waals surface area contributed by atoms with Gasteiger partial charge in [-0.25, -0.2) is 4.79 Å². The quantitative estimate of drug-likeness (QED) is 0.673. The van der Waals surface area contributed by atoms with Gasteiger partial charge in [0.1, 0.15) is 0 Å². The summed E-state index contributed by atoms with van der Waals surface area (Å²) in [6.45, 7) is 4.74. The first-order valence-corrected chi connectivity index (χ1v) is 9.53. The van der Waals surface area contributed by atoms with Crippen LogP contribution < -0.4 is 0 Å². The second-order valence-electron chi connectivity index (χ2n) is 7.82. The van der Waals surface area contributed by atoms with Crippen LogP contribution in [0.2, 0.25) is 0 Å². The molecule has 0 heterocycles. The molecule has 0 aliphatic heterocycles. The molecule has 0 spiro atoms. The van der Waals surface area contributed by atoms with Crippen LogP contribution in [0.25, 0.3) is 5.57 Å². The van der Waals surface area contributed by atoms with E-state index >= 15 is 0 Å². The van der Waals surface area contributed by atoms with Crippen molar-refractivity contribution in [3.05, 3.63) is 76.9 Å². The zero-order valence-corrected chi connectivity index (χ0v) is 15.8. The summed E-state index contributed by atoms with van der Waals surface area (Å²) in [6.07, 6.45) is 3.85. The maximum absolute atomic E-state index is 11.7. The molecule has 2 aromatic carbocycles. The molecule has 3 atom stereocenters. The van der Waals surface area contributed by atoms with Crippen molar-refractivity contribution in [3.63, 3.8) is 0 Å². The van der Waals surface area contributed by atoms with Crippen LogP contribution in [-0.4, -0.2) is 13.1 Å². The fourth-order valence-electron chi connectivity index (χ4n) is 5.38. The maximum Gasteiger partial charge on any atom is 0.337 e. The van der Waals surface area contributed by atoms with Gasteiger partial charge in [-0.3, -0.25) is 0 Å². The smallest absolute Gasteiger partial charge is 0.337 e. The van der Waals surface area contributed by atoms with Crippen LogP contribution in [0.5, 0.6) is 0 Å². The Morgan fingerprint density at radius 1 is 1.04 bits per heavy atom. The van der Waals surface area contributed by atoms with Crippen LogP contribution in [0.4, 0.5) is 0 Å². The van der Waals surface area contributed by atoms with Crippen LogP contribution in [0, 0.1) is 11.8 Å². The zero-order valence-electron chi connectivity index (χ0n) is 15.8. The summed E-state index contributed by atoms with van der Waals surface area (Å²) in [5.41, 5.74) is 6.38. The third-order valence-corrected chi connectivity index (χ3v) is 6.80. The molecule has 134 valence electrons. The fraction of sp³-hybridized carbons (Fsp3) is 0.375. The minimum atomic E-state index is -0.276. The van der Waals surface area contributed by atoms with Gasteiger partial charge in [0.15, 0.2) is 0 Å². The number of fused-ring (bicyclic) bond motifs is 1. The molecule has 0 unspecified atom stereocenters. The van der Waals surface area contributed by atoms with E-state index in [-0.39, 0.29) is 11.4 Å². The summed E-state index contributed by atoms with van der Waals surface area (Å²) in [6, 6.07) is 18.9. The molecule has 2 aliphatic carbocycles. The normalized spacial score (nSPS) is 27.5. The number of ether oxygens (including phenoxy) is 1. The van der Waals surface area contributed by atoms with E-state index in [0.29, 0.717) is 17.4 Å². The Balaban J connectivity index is 1.81. The molecule has 2 aromatic rings. The van der Waals surface area contributed by atoms with E-state index < -0.39 is 0 Å². The lowest BCUT2D eigenvalue weighted by Crippen LogP contribution is -2.30. The van der Waals surface area contributed by atoms with Gasteiger partial charge >= 0.3 is 5.97 Å². The van der Waals surface area contributed by atoms with Gasteiger partial charge in [-0.1, -0.05) is 61.4 Å². The average molecular weight is 346 g/mol. The first kappa shape index (κ1) is 17.1. The number of carbonyl (C=O) groups excluding carboxylic acids is 1. The highest BCUT2D eigenvalue weighted by Gasteiger charge is 2.51. The van der Waals surface area contributed by atoms with Crippen LogP contribution in [0.3, 0.4) is 0 Å². The molecule has 0 saturated heterocycles. The van der Waals surface area contributed by atoms with Gasteiger partial charge in [-0.15, -0.1) is 0 Å². The molecule has 2 nitrogen and oxygen atoms in total. The van der Waals surface area contributed by atoms with Crippen molar-refractivity contribution in [1.29, 1.82) is 0 Å². The highest BCUT2D eigenvalue weighted by atomic mass is 16.5. The molecule has 0 N–H and O–H groups in total. The number of rotatable bonds is 3. The number of hydrogen-bond acceptors (Lipinski definition) is 2. The van der Waals surface area contributed by atoms with Crippen LogP contribution in [-0.2, 0) is 10.2 Å². The third kappa shape index (κ3) is 2.43. The van der Waals surface area contributed by atoms with Crippen LogP contribution >= 0.6 is 0 Å². The first-order chi connectivity index (χ1) is 12.6. The Morgan fingerprint density at radius 3 is 2.38 bits per heavy atom. The van der Waals surface area contributed by atoms with E-state index in [1.807, 2.05) is 12.1 Å². The van der Waals surface area contributed by atoms with Crippen LogP contribution in [0.15, 0.2) is 60.2 Å². The fourth-order valence-corrected chi connectivity index (χ4v) is 5.38. The Kier molecular flexibility index (Phi) is 4.22. The van der Waals surface area contributed by atoms with Crippen molar-refractivity contribution in [1.82, 2.24) is 0 Å². The molecule has 0 radical (unpaired) electrons. The Labute approximate surface area is 155 Å². The lowest BCUT2D eigenvalue weighted by atomic mass is 9.69. The summed E-state index contributed by atoms with van der Waals surface area (Å²) in [4.78, 5) is 11.7. The average Bonchev–Trinajstić information content (AvgIpc) is 3.24. The number of methoxy groups -OCH3 is 1. The molecular weight excluding hydrogens is 320 g/mol. The number of benzene rings is 2. The maximum atomic E-state index is 11.7. The van der Waals surface area contributed by atoms with Gasteiger partial charge in [-0.05, 0) is 60.4 Å². The van der Waals surface area contributed by atoms with Crippen molar-refractivity contribution < 1.29 is 9.53 Å². The number of carbonyl (C=O) groups is 1. The van der Waals surface area contributed by atoms with Crippen molar-refractivity contribution in [3.8, 4) is 0 Å². The summed E-state index contributed by atoms with van der Waals surface area (Å²) >= 11 is 0.